The summed E-state index contributed by atoms with van der Waals surface area (Å²) in [6.07, 6.45) is 6.76. The Morgan fingerprint density at radius 3 is 2.72 bits per heavy atom. The molecule has 1 aliphatic rings. The number of methoxy groups -OCH3 is 1. The van der Waals surface area contributed by atoms with Gasteiger partial charge in [0.05, 0.1) is 19.4 Å². The highest BCUT2D eigenvalue weighted by molar-refractivity contribution is 5.75. The highest BCUT2D eigenvalue weighted by Crippen LogP contribution is 2.30. The van der Waals surface area contributed by atoms with Crippen molar-refractivity contribution in [2.24, 2.45) is 5.73 Å². The Morgan fingerprint density at radius 2 is 2.00 bits per heavy atom. The Labute approximate surface area is 186 Å². The van der Waals surface area contributed by atoms with Crippen LogP contribution < -0.4 is 15.2 Å². The quantitative estimate of drug-likeness (QED) is 0.572. The molecule has 9 heteroatoms. The van der Waals surface area contributed by atoms with Gasteiger partial charge in [-0.3, -0.25) is 14.7 Å². The highest BCUT2D eigenvalue weighted by Gasteiger charge is 2.23. The van der Waals surface area contributed by atoms with Crippen LogP contribution in [0, 0.1) is 0 Å². The van der Waals surface area contributed by atoms with E-state index >= 15 is 0 Å². The van der Waals surface area contributed by atoms with Gasteiger partial charge < -0.3 is 19.9 Å². The Hall–Kier alpha value is -3.56. The number of pyridine rings is 1. The van der Waals surface area contributed by atoms with Crippen molar-refractivity contribution in [1.82, 2.24) is 19.9 Å². The van der Waals surface area contributed by atoms with Crippen LogP contribution in [0.4, 0.5) is 0 Å². The van der Waals surface area contributed by atoms with Crippen LogP contribution in [0.2, 0.25) is 0 Å². The monoisotopic (exact) mass is 435 g/mol. The first kappa shape index (κ1) is 21.7. The molecule has 0 unspecified atom stereocenters. The van der Waals surface area contributed by atoms with Crippen molar-refractivity contribution in [1.29, 1.82) is 0 Å². The maximum absolute atomic E-state index is 11.0. The molecule has 1 fully saturated rings. The molecule has 4 rings (SSSR count). The van der Waals surface area contributed by atoms with Gasteiger partial charge in [-0.2, -0.15) is 0 Å². The Kier molecular flexibility index (Phi) is 6.88. The largest absolute Gasteiger partial charge is 0.493 e. The third-order valence-corrected chi connectivity index (χ3v) is 5.16. The summed E-state index contributed by atoms with van der Waals surface area (Å²) in [6.45, 7) is 2.70. The summed E-state index contributed by atoms with van der Waals surface area (Å²) in [5, 5.41) is 0. The van der Waals surface area contributed by atoms with E-state index in [1.165, 1.54) is 6.33 Å². The normalized spacial score (nSPS) is 16.5. The van der Waals surface area contributed by atoms with Gasteiger partial charge in [0, 0.05) is 49.4 Å². The van der Waals surface area contributed by atoms with E-state index < -0.39 is 5.91 Å². The predicted octanol–water partition coefficient (Wildman–Crippen LogP) is 1.98. The zero-order valence-electron chi connectivity index (χ0n) is 17.8. The molecule has 166 valence electrons. The number of benzene rings is 1. The van der Waals surface area contributed by atoms with Crippen LogP contribution in [-0.4, -0.2) is 59.2 Å². The Balaban J connectivity index is 1.40. The number of carbonyl (C=O) groups excluding carboxylic acids is 1. The summed E-state index contributed by atoms with van der Waals surface area (Å²) in [5.41, 5.74) is 9.00. The smallest absolute Gasteiger partial charge is 0.255 e. The fourth-order valence-corrected chi connectivity index (χ4v) is 3.58. The molecule has 9 nitrogen and oxygen atoms in total. The molecule has 0 saturated carbocycles. The average molecular weight is 435 g/mol. The topological polar surface area (TPSA) is 113 Å². The number of ether oxygens (including phenoxy) is 3. The molecule has 0 spiro atoms. The SMILES string of the molecule is COc1cc(CN2CCO[C@@H](c3ccc(-c4cncnc4)cn3)C2)ccc1OCC(N)=O. The fourth-order valence-electron chi connectivity index (χ4n) is 3.58. The first-order valence-corrected chi connectivity index (χ1v) is 10.3. The van der Waals surface area contributed by atoms with Gasteiger partial charge >= 0.3 is 0 Å². The van der Waals surface area contributed by atoms with E-state index in [0.29, 0.717) is 18.1 Å². The number of morpholine rings is 1. The number of nitrogens with two attached hydrogens (primary N) is 1. The fraction of sp³-hybridized carbons (Fsp3) is 0.304. The molecule has 1 aliphatic heterocycles. The van der Waals surface area contributed by atoms with Gasteiger partial charge in [0.2, 0.25) is 0 Å². The molecular weight excluding hydrogens is 410 g/mol. The van der Waals surface area contributed by atoms with Crippen LogP contribution in [0.15, 0.2) is 55.2 Å². The molecule has 3 aromatic rings. The first-order valence-electron chi connectivity index (χ1n) is 10.3. The van der Waals surface area contributed by atoms with Crippen molar-refractivity contribution >= 4 is 5.91 Å². The van der Waals surface area contributed by atoms with E-state index in [1.54, 1.807) is 25.6 Å². The van der Waals surface area contributed by atoms with E-state index in [4.69, 9.17) is 19.9 Å². The highest BCUT2D eigenvalue weighted by atomic mass is 16.5. The lowest BCUT2D eigenvalue weighted by molar-refractivity contribution is -0.119. The minimum atomic E-state index is -0.533. The number of amides is 1. The lowest BCUT2D eigenvalue weighted by Gasteiger charge is -2.32. The van der Waals surface area contributed by atoms with Gasteiger partial charge in [-0.15, -0.1) is 0 Å². The number of carbonyl (C=O) groups is 1. The summed E-state index contributed by atoms with van der Waals surface area (Å²) in [5.74, 6) is 0.521. The lowest BCUT2D eigenvalue weighted by Crippen LogP contribution is -2.38. The first-order chi connectivity index (χ1) is 15.6. The molecule has 32 heavy (non-hydrogen) atoms. The second-order valence-electron chi connectivity index (χ2n) is 7.43. The second-order valence-corrected chi connectivity index (χ2v) is 7.43. The summed E-state index contributed by atoms with van der Waals surface area (Å²) < 4.78 is 16.8. The summed E-state index contributed by atoms with van der Waals surface area (Å²) >= 11 is 0. The molecule has 1 saturated heterocycles. The van der Waals surface area contributed by atoms with Gasteiger partial charge in [-0.1, -0.05) is 12.1 Å². The molecule has 1 aromatic carbocycles. The van der Waals surface area contributed by atoms with Crippen LogP contribution in [0.3, 0.4) is 0 Å². The maximum Gasteiger partial charge on any atom is 0.255 e. The van der Waals surface area contributed by atoms with Crippen molar-refractivity contribution in [3.63, 3.8) is 0 Å². The minimum absolute atomic E-state index is 0.107. The van der Waals surface area contributed by atoms with E-state index in [0.717, 1.165) is 42.0 Å². The van der Waals surface area contributed by atoms with Gasteiger partial charge in [-0.05, 0) is 23.8 Å². The second kappa shape index (κ2) is 10.2. The molecule has 2 N–H and O–H groups in total. The molecule has 3 heterocycles. The molecule has 0 radical (unpaired) electrons. The number of nitrogens with zero attached hydrogens (tertiary/aromatic N) is 4. The Bertz CT molecular complexity index is 1050. The zero-order valence-corrected chi connectivity index (χ0v) is 17.8. The number of rotatable bonds is 8. The van der Waals surface area contributed by atoms with Crippen molar-refractivity contribution in [3.05, 3.63) is 66.5 Å². The van der Waals surface area contributed by atoms with Gasteiger partial charge in [0.1, 0.15) is 12.4 Å². The maximum atomic E-state index is 11.0. The molecule has 2 aromatic heterocycles. The third kappa shape index (κ3) is 5.37. The van der Waals surface area contributed by atoms with E-state index in [9.17, 15) is 4.79 Å². The van der Waals surface area contributed by atoms with Crippen LogP contribution in [0.25, 0.3) is 11.1 Å². The molecule has 1 atom stereocenters. The minimum Gasteiger partial charge on any atom is -0.493 e. The number of hydrogen-bond donors (Lipinski definition) is 1. The Morgan fingerprint density at radius 1 is 1.16 bits per heavy atom. The molecule has 0 bridgehead atoms. The van der Waals surface area contributed by atoms with Crippen LogP contribution in [-0.2, 0) is 16.1 Å². The number of aromatic nitrogens is 3. The molecule has 0 aliphatic carbocycles. The van der Waals surface area contributed by atoms with Crippen LogP contribution in [0.5, 0.6) is 11.5 Å². The molecule has 1 amide bonds. The number of hydrogen-bond acceptors (Lipinski definition) is 8. The van der Waals surface area contributed by atoms with Crippen molar-refractivity contribution in [2.45, 2.75) is 12.6 Å². The summed E-state index contributed by atoms with van der Waals surface area (Å²) in [6, 6.07) is 9.67. The van der Waals surface area contributed by atoms with Crippen molar-refractivity contribution in [3.8, 4) is 22.6 Å². The van der Waals surface area contributed by atoms with Crippen molar-refractivity contribution < 1.29 is 19.0 Å². The predicted molar refractivity (Wildman–Crippen MR) is 117 cm³/mol. The van der Waals surface area contributed by atoms with Crippen LogP contribution >= 0.6 is 0 Å². The van der Waals surface area contributed by atoms with Gasteiger partial charge in [0.25, 0.3) is 5.91 Å². The summed E-state index contributed by atoms with van der Waals surface area (Å²) in [7, 11) is 1.57. The van der Waals surface area contributed by atoms with Crippen LogP contribution in [0.1, 0.15) is 17.4 Å². The van der Waals surface area contributed by atoms with Crippen molar-refractivity contribution in [2.75, 3.05) is 33.4 Å². The van der Waals surface area contributed by atoms with E-state index in [1.807, 2.05) is 30.5 Å². The standard InChI is InChI=1S/C23H25N5O4/c1-30-21-8-16(2-5-20(21)32-14-23(24)29)12-28-6-7-31-22(13-28)19-4-3-17(11-27-19)18-9-25-15-26-10-18/h2-5,8-11,15,22H,6-7,12-14H2,1H3,(H2,24,29)/t22-/m1/s1. The van der Waals surface area contributed by atoms with Gasteiger partial charge in [-0.25, -0.2) is 9.97 Å². The average Bonchev–Trinajstić information content (AvgIpc) is 2.84. The van der Waals surface area contributed by atoms with Gasteiger partial charge in [0.15, 0.2) is 18.1 Å². The number of primary amides is 1. The third-order valence-electron chi connectivity index (χ3n) is 5.16. The summed E-state index contributed by atoms with van der Waals surface area (Å²) in [4.78, 5) is 26.0. The van der Waals surface area contributed by atoms with E-state index in [2.05, 4.69) is 19.9 Å². The van der Waals surface area contributed by atoms with E-state index in [-0.39, 0.29) is 12.7 Å². The lowest BCUT2D eigenvalue weighted by atomic mass is 10.1. The molecular formula is C23H25N5O4. The zero-order chi connectivity index (χ0) is 22.3.